The lowest BCUT2D eigenvalue weighted by atomic mass is 10.0. The van der Waals surface area contributed by atoms with Gasteiger partial charge in [0.25, 0.3) is 5.78 Å². The fourth-order valence-corrected chi connectivity index (χ4v) is 3.55. The highest BCUT2D eigenvalue weighted by atomic mass is 15.4. The zero-order valence-corrected chi connectivity index (χ0v) is 14.9. The number of pyridine rings is 1. The van der Waals surface area contributed by atoms with Crippen LogP contribution >= 0.6 is 0 Å². The second-order valence-electron chi connectivity index (χ2n) is 6.78. The Hall–Kier alpha value is -2.50. The fraction of sp³-hybridized carbons (Fsp3) is 0.474. The summed E-state index contributed by atoms with van der Waals surface area (Å²) in [6, 6.07) is 6.60. The van der Waals surface area contributed by atoms with Crippen molar-refractivity contribution in [3.63, 3.8) is 0 Å². The van der Waals surface area contributed by atoms with Crippen LogP contribution in [-0.4, -0.2) is 37.2 Å². The first-order valence-electron chi connectivity index (χ1n) is 9.20. The van der Waals surface area contributed by atoms with Crippen molar-refractivity contribution in [2.75, 3.05) is 11.4 Å². The van der Waals surface area contributed by atoms with Gasteiger partial charge in [0.1, 0.15) is 5.82 Å². The maximum Gasteiger partial charge on any atom is 0.254 e. The van der Waals surface area contributed by atoms with Crippen LogP contribution in [0.15, 0.2) is 30.6 Å². The molecular weight excluding hydrogens is 312 g/mol. The maximum atomic E-state index is 4.76. The number of piperidine rings is 1. The molecule has 0 saturated carbocycles. The van der Waals surface area contributed by atoms with Crippen LogP contribution in [0.1, 0.15) is 45.2 Å². The molecule has 3 aromatic rings. The summed E-state index contributed by atoms with van der Waals surface area (Å²) in [6.45, 7) is 5.54. The van der Waals surface area contributed by atoms with Gasteiger partial charge in [-0.3, -0.25) is 4.98 Å². The summed E-state index contributed by atoms with van der Waals surface area (Å²) in [5.74, 6) is 2.47. The van der Waals surface area contributed by atoms with E-state index in [-0.39, 0.29) is 0 Å². The lowest BCUT2D eigenvalue weighted by Crippen LogP contribution is -2.38. The number of hydrogen-bond donors (Lipinski definition) is 0. The zero-order chi connectivity index (χ0) is 17.2. The van der Waals surface area contributed by atoms with Crippen LogP contribution < -0.4 is 4.90 Å². The van der Waals surface area contributed by atoms with E-state index < -0.39 is 0 Å². The van der Waals surface area contributed by atoms with Gasteiger partial charge in [-0.25, -0.2) is 4.98 Å². The summed E-state index contributed by atoms with van der Waals surface area (Å²) in [5.41, 5.74) is 2.01. The van der Waals surface area contributed by atoms with Gasteiger partial charge in [-0.05, 0) is 44.7 Å². The van der Waals surface area contributed by atoms with Crippen molar-refractivity contribution >= 4 is 11.6 Å². The minimum atomic E-state index is 0.514. The SMILES string of the molecule is CCCc1cc(N2CCCCC2C)n2nc(-c3cccnc3)nc2n1. The highest BCUT2D eigenvalue weighted by Crippen LogP contribution is 2.27. The second-order valence-corrected chi connectivity index (χ2v) is 6.78. The first-order chi connectivity index (χ1) is 12.3. The summed E-state index contributed by atoms with van der Waals surface area (Å²) in [6.07, 6.45) is 9.33. The van der Waals surface area contributed by atoms with Gasteiger partial charge in [0, 0.05) is 42.3 Å². The topological polar surface area (TPSA) is 59.2 Å². The largest absolute Gasteiger partial charge is 0.354 e. The third-order valence-electron chi connectivity index (χ3n) is 4.87. The Kier molecular flexibility index (Phi) is 4.34. The Balaban J connectivity index is 1.85. The van der Waals surface area contributed by atoms with Crippen LogP contribution in [0.5, 0.6) is 0 Å². The molecule has 0 aromatic carbocycles. The number of aromatic nitrogens is 5. The number of aryl methyl sites for hydroxylation is 1. The molecule has 6 nitrogen and oxygen atoms in total. The van der Waals surface area contributed by atoms with Crippen LogP contribution in [0.25, 0.3) is 17.2 Å². The molecule has 1 unspecified atom stereocenters. The molecule has 1 fully saturated rings. The number of rotatable bonds is 4. The summed E-state index contributed by atoms with van der Waals surface area (Å²) in [4.78, 5) is 16.1. The molecule has 0 bridgehead atoms. The molecule has 3 aromatic heterocycles. The third kappa shape index (κ3) is 3.08. The van der Waals surface area contributed by atoms with E-state index in [2.05, 4.69) is 34.8 Å². The monoisotopic (exact) mass is 336 g/mol. The Labute approximate surface area is 147 Å². The van der Waals surface area contributed by atoms with E-state index in [4.69, 9.17) is 10.1 Å². The molecule has 1 aliphatic rings. The lowest BCUT2D eigenvalue weighted by molar-refractivity contribution is 0.477. The molecule has 130 valence electrons. The van der Waals surface area contributed by atoms with Crippen LogP contribution in [0.4, 0.5) is 5.82 Å². The maximum absolute atomic E-state index is 4.76. The van der Waals surface area contributed by atoms with E-state index in [1.807, 2.05) is 16.6 Å². The van der Waals surface area contributed by atoms with Gasteiger partial charge < -0.3 is 4.90 Å². The minimum absolute atomic E-state index is 0.514. The smallest absolute Gasteiger partial charge is 0.254 e. The minimum Gasteiger partial charge on any atom is -0.354 e. The average Bonchev–Trinajstić information content (AvgIpc) is 3.07. The molecule has 0 spiro atoms. The number of hydrogen-bond acceptors (Lipinski definition) is 5. The molecule has 1 aliphatic heterocycles. The van der Waals surface area contributed by atoms with E-state index >= 15 is 0 Å². The summed E-state index contributed by atoms with van der Waals surface area (Å²) in [5, 5.41) is 4.76. The molecule has 6 heteroatoms. The first-order valence-corrected chi connectivity index (χ1v) is 9.20. The van der Waals surface area contributed by atoms with Crippen LogP contribution in [0.3, 0.4) is 0 Å². The van der Waals surface area contributed by atoms with Gasteiger partial charge in [-0.15, -0.1) is 5.10 Å². The molecule has 1 atom stereocenters. The van der Waals surface area contributed by atoms with E-state index in [0.717, 1.165) is 36.5 Å². The Morgan fingerprint density at radius 3 is 2.92 bits per heavy atom. The van der Waals surface area contributed by atoms with Crippen molar-refractivity contribution < 1.29 is 0 Å². The fourth-order valence-electron chi connectivity index (χ4n) is 3.55. The third-order valence-corrected chi connectivity index (χ3v) is 4.87. The molecule has 25 heavy (non-hydrogen) atoms. The van der Waals surface area contributed by atoms with Gasteiger partial charge in [0.15, 0.2) is 5.82 Å². The number of fused-ring (bicyclic) bond motifs is 1. The highest BCUT2D eigenvalue weighted by molar-refractivity contribution is 5.58. The molecule has 1 saturated heterocycles. The number of nitrogens with zero attached hydrogens (tertiary/aromatic N) is 6. The quantitative estimate of drug-likeness (QED) is 0.729. The normalized spacial score (nSPS) is 18.0. The van der Waals surface area contributed by atoms with E-state index in [1.54, 1.807) is 12.4 Å². The zero-order valence-electron chi connectivity index (χ0n) is 14.9. The van der Waals surface area contributed by atoms with E-state index in [9.17, 15) is 0 Å². The van der Waals surface area contributed by atoms with Crippen molar-refractivity contribution in [1.29, 1.82) is 0 Å². The van der Waals surface area contributed by atoms with Gasteiger partial charge in [0.05, 0.1) is 0 Å². The molecule has 4 heterocycles. The molecule has 4 rings (SSSR count). The molecular formula is C19H24N6. The lowest BCUT2D eigenvalue weighted by Gasteiger charge is -2.35. The molecule has 0 N–H and O–H groups in total. The first kappa shape index (κ1) is 16.0. The van der Waals surface area contributed by atoms with Crippen LogP contribution in [-0.2, 0) is 6.42 Å². The van der Waals surface area contributed by atoms with Gasteiger partial charge in [-0.2, -0.15) is 9.50 Å². The summed E-state index contributed by atoms with van der Waals surface area (Å²) in [7, 11) is 0. The van der Waals surface area contributed by atoms with Crippen molar-refractivity contribution in [3.05, 3.63) is 36.3 Å². The molecule has 0 radical (unpaired) electrons. The standard InChI is InChI=1S/C19H24N6/c1-3-7-16-12-17(24-11-5-4-8-14(24)2)25-19(21-16)22-18(23-25)15-9-6-10-20-13-15/h6,9-10,12-14H,3-5,7-8,11H2,1-2H3. The summed E-state index contributed by atoms with van der Waals surface area (Å²) >= 11 is 0. The summed E-state index contributed by atoms with van der Waals surface area (Å²) < 4.78 is 1.91. The van der Waals surface area contributed by atoms with Crippen molar-refractivity contribution in [2.24, 2.45) is 0 Å². The Bertz CT molecular complexity index is 857. The highest BCUT2D eigenvalue weighted by Gasteiger charge is 2.23. The predicted molar refractivity (Wildman–Crippen MR) is 98.7 cm³/mol. The Morgan fingerprint density at radius 1 is 1.24 bits per heavy atom. The van der Waals surface area contributed by atoms with Crippen molar-refractivity contribution in [1.82, 2.24) is 24.6 Å². The molecule has 0 aliphatic carbocycles. The van der Waals surface area contributed by atoms with Crippen molar-refractivity contribution in [2.45, 2.75) is 52.0 Å². The molecule has 0 amide bonds. The van der Waals surface area contributed by atoms with Gasteiger partial charge in [0.2, 0.25) is 0 Å². The van der Waals surface area contributed by atoms with Gasteiger partial charge in [-0.1, -0.05) is 13.3 Å². The van der Waals surface area contributed by atoms with E-state index in [1.165, 1.54) is 19.3 Å². The van der Waals surface area contributed by atoms with Crippen molar-refractivity contribution in [3.8, 4) is 11.4 Å². The van der Waals surface area contributed by atoms with Crippen LogP contribution in [0.2, 0.25) is 0 Å². The number of anilines is 1. The second kappa shape index (κ2) is 6.78. The van der Waals surface area contributed by atoms with Crippen LogP contribution in [0, 0.1) is 0 Å². The Morgan fingerprint density at radius 2 is 2.16 bits per heavy atom. The predicted octanol–water partition coefficient (Wildman–Crippen LogP) is 3.52. The van der Waals surface area contributed by atoms with E-state index in [0.29, 0.717) is 17.6 Å². The average molecular weight is 336 g/mol. The van der Waals surface area contributed by atoms with Gasteiger partial charge >= 0.3 is 0 Å².